The minimum atomic E-state index is -0.285. The van der Waals surface area contributed by atoms with E-state index in [1.807, 2.05) is 38.1 Å². The maximum absolute atomic E-state index is 11.4. The van der Waals surface area contributed by atoms with Crippen LogP contribution in [0.1, 0.15) is 29.8 Å². The van der Waals surface area contributed by atoms with Crippen molar-refractivity contribution < 1.29 is 9.53 Å². The van der Waals surface area contributed by atoms with E-state index in [1.54, 1.807) is 6.07 Å². The molecule has 0 saturated heterocycles. The Bertz CT molecular complexity index is 461. The second-order valence-corrected chi connectivity index (χ2v) is 4.42. The number of fused-ring (bicyclic) bond motifs is 1. The van der Waals surface area contributed by atoms with Crippen molar-refractivity contribution in [1.29, 1.82) is 0 Å². The molecule has 0 unspecified atom stereocenters. The van der Waals surface area contributed by atoms with Crippen LogP contribution in [-0.4, -0.2) is 17.9 Å². The predicted molar refractivity (Wildman–Crippen MR) is 63.6 cm³/mol. The molecular weight excluding hydrogens is 202 g/mol. The van der Waals surface area contributed by atoms with Crippen LogP contribution in [0, 0.1) is 0 Å². The number of Topliss-reactive ketones (excluding diaryl/α,β-unsaturated/α-hetero) is 1. The molecule has 0 aromatic heterocycles. The number of carbonyl (C=O) groups is 1. The van der Waals surface area contributed by atoms with Crippen molar-refractivity contribution in [3.63, 3.8) is 0 Å². The van der Waals surface area contributed by atoms with Crippen LogP contribution in [0.25, 0.3) is 6.08 Å². The molecule has 0 saturated carbocycles. The van der Waals surface area contributed by atoms with E-state index < -0.39 is 0 Å². The predicted octanol–water partition coefficient (Wildman–Crippen LogP) is 2.01. The molecular formula is C13H15NO2. The van der Waals surface area contributed by atoms with E-state index in [2.05, 4.69) is 0 Å². The van der Waals surface area contributed by atoms with Gasteiger partial charge in [-0.25, -0.2) is 0 Å². The summed E-state index contributed by atoms with van der Waals surface area (Å²) in [5.41, 5.74) is 6.60. The third kappa shape index (κ3) is 1.99. The molecule has 2 rings (SSSR count). The third-order valence-corrected chi connectivity index (χ3v) is 2.55. The fraction of sp³-hybridized carbons (Fsp3) is 0.308. The topological polar surface area (TPSA) is 52.3 Å². The summed E-state index contributed by atoms with van der Waals surface area (Å²) in [5.74, 6) is 0.752. The minimum absolute atomic E-state index is 0.0366. The Kier molecular flexibility index (Phi) is 2.56. The van der Waals surface area contributed by atoms with Gasteiger partial charge in [0.2, 0.25) is 0 Å². The Morgan fingerprint density at radius 2 is 2.19 bits per heavy atom. The molecule has 3 heteroatoms. The SMILES string of the molecule is CC1(C)C=Cc2cc(C(=O)CN)ccc2O1. The summed E-state index contributed by atoms with van der Waals surface area (Å²) in [6.07, 6.45) is 3.96. The van der Waals surface area contributed by atoms with Gasteiger partial charge in [0.15, 0.2) is 5.78 Å². The Morgan fingerprint density at radius 3 is 2.88 bits per heavy atom. The van der Waals surface area contributed by atoms with Gasteiger partial charge in [0.05, 0.1) is 6.54 Å². The first-order chi connectivity index (χ1) is 7.52. The van der Waals surface area contributed by atoms with E-state index >= 15 is 0 Å². The maximum atomic E-state index is 11.4. The highest BCUT2D eigenvalue weighted by atomic mass is 16.5. The van der Waals surface area contributed by atoms with Crippen LogP contribution in [-0.2, 0) is 0 Å². The molecule has 1 aliphatic rings. The van der Waals surface area contributed by atoms with Crippen LogP contribution < -0.4 is 10.5 Å². The molecule has 0 aliphatic carbocycles. The van der Waals surface area contributed by atoms with Crippen LogP contribution in [0.4, 0.5) is 0 Å². The zero-order valence-electron chi connectivity index (χ0n) is 9.49. The number of benzene rings is 1. The molecule has 0 atom stereocenters. The number of ketones is 1. The van der Waals surface area contributed by atoms with Gasteiger partial charge in [-0.15, -0.1) is 0 Å². The molecule has 0 amide bonds. The van der Waals surface area contributed by atoms with Crippen LogP contribution in [0.5, 0.6) is 5.75 Å². The fourth-order valence-corrected chi connectivity index (χ4v) is 1.67. The Labute approximate surface area is 94.9 Å². The van der Waals surface area contributed by atoms with Crippen LogP contribution >= 0.6 is 0 Å². The van der Waals surface area contributed by atoms with Crippen molar-refractivity contribution in [2.24, 2.45) is 5.73 Å². The lowest BCUT2D eigenvalue weighted by Gasteiger charge is -2.27. The lowest BCUT2D eigenvalue weighted by atomic mass is 9.99. The number of rotatable bonds is 2. The molecule has 0 fully saturated rings. The van der Waals surface area contributed by atoms with Gasteiger partial charge < -0.3 is 10.5 Å². The highest BCUT2D eigenvalue weighted by molar-refractivity contribution is 5.98. The van der Waals surface area contributed by atoms with Crippen molar-refractivity contribution in [3.8, 4) is 5.75 Å². The first-order valence-corrected chi connectivity index (χ1v) is 5.27. The van der Waals surface area contributed by atoms with Crippen molar-refractivity contribution in [3.05, 3.63) is 35.4 Å². The molecule has 0 radical (unpaired) electrons. The molecule has 0 bridgehead atoms. The molecule has 1 aromatic rings. The molecule has 1 aliphatic heterocycles. The van der Waals surface area contributed by atoms with Crippen LogP contribution in [0.3, 0.4) is 0 Å². The molecule has 2 N–H and O–H groups in total. The monoisotopic (exact) mass is 217 g/mol. The summed E-state index contributed by atoms with van der Waals surface area (Å²) in [4.78, 5) is 11.4. The number of hydrogen-bond acceptors (Lipinski definition) is 3. The van der Waals surface area contributed by atoms with Gasteiger partial charge in [-0.2, -0.15) is 0 Å². The normalized spacial score (nSPS) is 16.4. The van der Waals surface area contributed by atoms with Gasteiger partial charge in [-0.3, -0.25) is 4.79 Å². The third-order valence-electron chi connectivity index (χ3n) is 2.55. The van der Waals surface area contributed by atoms with Crippen LogP contribution in [0.15, 0.2) is 24.3 Å². The lowest BCUT2D eigenvalue weighted by Crippen LogP contribution is -2.27. The number of carbonyl (C=O) groups excluding carboxylic acids is 1. The summed E-state index contributed by atoms with van der Waals surface area (Å²) in [6.45, 7) is 4.02. The molecule has 84 valence electrons. The second-order valence-electron chi connectivity index (χ2n) is 4.42. The number of hydrogen-bond donors (Lipinski definition) is 1. The average Bonchev–Trinajstić information content (AvgIpc) is 2.26. The number of nitrogens with two attached hydrogens (primary N) is 1. The summed E-state index contributed by atoms with van der Waals surface area (Å²) in [6, 6.07) is 5.39. The average molecular weight is 217 g/mol. The largest absolute Gasteiger partial charge is 0.483 e. The van der Waals surface area contributed by atoms with Crippen molar-refractivity contribution >= 4 is 11.9 Å². The maximum Gasteiger partial charge on any atom is 0.176 e. The van der Waals surface area contributed by atoms with E-state index in [4.69, 9.17) is 10.5 Å². The number of ether oxygens (including phenoxy) is 1. The van der Waals surface area contributed by atoms with Crippen molar-refractivity contribution in [1.82, 2.24) is 0 Å². The van der Waals surface area contributed by atoms with E-state index in [0.717, 1.165) is 11.3 Å². The quantitative estimate of drug-likeness (QED) is 0.771. The second kappa shape index (κ2) is 3.76. The molecule has 3 nitrogen and oxygen atoms in total. The summed E-state index contributed by atoms with van der Waals surface area (Å²) >= 11 is 0. The molecule has 0 spiro atoms. The van der Waals surface area contributed by atoms with Gasteiger partial charge in [0.25, 0.3) is 0 Å². The minimum Gasteiger partial charge on any atom is -0.483 e. The van der Waals surface area contributed by atoms with Crippen molar-refractivity contribution in [2.75, 3.05) is 6.54 Å². The standard InChI is InChI=1S/C13H15NO2/c1-13(2)6-5-10-7-9(11(15)8-14)3-4-12(10)16-13/h3-7H,8,14H2,1-2H3. The Morgan fingerprint density at radius 1 is 1.44 bits per heavy atom. The van der Waals surface area contributed by atoms with Gasteiger partial charge in [0, 0.05) is 11.1 Å². The Balaban J connectivity index is 2.39. The zero-order chi connectivity index (χ0) is 11.8. The zero-order valence-corrected chi connectivity index (χ0v) is 9.49. The van der Waals surface area contributed by atoms with Crippen molar-refractivity contribution in [2.45, 2.75) is 19.4 Å². The van der Waals surface area contributed by atoms with E-state index in [1.165, 1.54) is 0 Å². The summed E-state index contributed by atoms with van der Waals surface area (Å²) < 4.78 is 5.76. The highest BCUT2D eigenvalue weighted by Gasteiger charge is 2.21. The van der Waals surface area contributed by atoms with Gasteiger partial charge in [0.1, 0.15) is 11.4 Å². The van der Waals surface area contributed by atoms with Gasteiger partial charge >= 0.3 is 0 Å². The highest BCUT2D eigenvalue weighted by Crippen LogP contribution is 2.31. The summed E-state index contributed by atoms with van der Waals surface area (Å²) in [7, 11) is 0. The smallest absolute Gasteiger partial charge is 0.176 e. The lowest BCUT2D eigenvalue weighted by molar-refractivity contribution is 0.100. The fourth-order valence-electron chi connectivity index (χ4n) is 1.67. The van der Waals surface area contributed by atoms with E-state index in [0.29, 0.717) is 5.56 Å². The van der Waals surface area contributed by atoms with Gasteiger partial charge in [-0.1, -0.05) is 6.08 Å². The first kappa shape index (κ1) is 10.9. The molecule has 16 heavy (non-hydrogen) atoms. The molecule has 1 aromatic carbocycles. The van der Waals surface area contributed by atoms with E-state index in [-0.39, 0.29) is 17.9 Å². The summed E-state index contributed by atoms with van der Waals surface area (Å²) in [5, 5.41) is 0. The Hall–Kier alpha value is -1.61. The molecule has 1 heterocycles. The van der Waals surface area contributed by atoms with E-state index in [9.17, 15) is 4.79 Å². The van der Waals surface area contributed by atoms with Gasteiger partial charge in [-0.05, 0) is 38.1 Å². The van der Waals surface area contributed by atoms with Crippen LogP contribution in [0.2, 0.25) is 0 Å². The first-order valence-electron chi connectivity index (χ1n) is 5.27.